The molecule has 0 spiro atoms. The van der Waals surface area contributed by atoms with Crippen molar-refractivity contribution in [1.82, 2.24) is 14.4 Å². The standard InChI is InChI=1S/C18H16FN3O4S/c1-25-16-8-3-2-7-15(16)17-20-18(26-21-17)12-10-22(11-12)27(23,24)14-6-4-5-13(19)9-14/h2-9,12H,10-11H2,1H3. The van der Waals surface area contributed by atoms with E-state index < -0.39 is 15.8 Å². The first-order chi connectivity index (χ1) is 13.0. The first-order valence-electron chi connectivity index (χ1n) is 8.22. The maximum Gasteiger partial charge on any atom is 0.243 e. The molecule has 0 aliphatic carbocycles. The van der Waals surface area contributed by atoms with Crippen LogP contribution < -0.4 is 4.74 Å². The molecule has 0 unspecified atom stereocenters. The molecular weight excluding hydrogens is 373 g/mol. The zero-order valence-corrected chi connectivity index (χ0v) is 15.2. The van der Waals surface area contributed by atoms with Gasteiger partial charge in [0.05, 0.1) is 23.5 Å². The predicted octanol–water partition coefficient (Wildman–Crippen LogP) is 2.67. The number of ether oxygens (including phenoxy) is 1. The minimum atomic E-state index is -3.74. The molecule has 140 valence electrons. The molecule has 0 atom stereocenters. The summed E-state index contributed by atoms with van der Waals surface area (Å²) in [5, 5.41) is 3.97. The molecule has 0 bridgehead atoms. The van der Waals surface area contributed by atoms with Crippen LogP contribution in [0.1, 0.15) is 11.8 Å². The molecule has 1 fully saturated rings. The number of nitrogens with zero attached hydrogens (tertiary/aromatic N) is 3. The number of para-hydroxylation sites is 1. The molecule has 2 heterocycles. The second-order valence-corrected chi connectivity index (χ2v) is 8.07. The van der Waals surface area contributed by atoms with Gasteiger partial charge in [-0.15, -0.1) is 0 Å². The third kappa shape index (κ3) is 3.19. The van der Waals surface area contributed by atoms with Crippen LogP contribution in [-0.2, 0) is 10.0 Å². The molecule has 0 amide bonds. The lowest BCUT2D eigenvalue weighted by molar-refractivity contribution is 0.216. The van der Waals surface area contributed by atoms with Crippen LogP contribution >= 0.6 is 0 Å². The molecule has 3 aromatic rings. The quantitative estimate of drug-likeness (QED) is 0.667. The molecular formula is C18H16FN3O4S. The first kappa shape index (κ1) is 17.6. The lowest BCUT2D eigenvalue weighted by atomic mass is 10.0. The van der Waals surface area contributed by atoms with Crippen molar-refractivity contribution in [3.63, 3.8) is 0 Å². The number of halogens is 1. The van der Waals surface area contributed by atoms with Crippen molar-refractivity contribution < 1.29 is 22.1 Å². The monoisotopic (exact) mass is 389 g/mol. The van der Waals surface area contributed by atoms with Gasteiger partial charge in [-0.1, -0.05) is 23.4 Å². The van der Waals surface area contributed by atoms with E-state index in [-0.39, 0.29) is 23.9 Å². The molecule has 9 heteroatoms. The van der Waals surface area contributed by atoms with Gasteiger partial charge in [-0.05, 0) is 30.3 Å². The van der Waals surface area contributed by atoms with Crippen molar-refractivity contribution >= 4 is 10.0 Å². The van der Waals surface area contributed by atoms with E-state index >= 15 is 0 Å². The van der Waals surface area contributed by atoms with Crippen molar-refractivity contribution in [2.24, 2.45) is 0 Å². The van der Waals surface area contributed by atoms with Crippen molar-refractivity contribution in [3.8, 4) is 17.1 Å². The van der Waals surface area contributed by atoms with Gasteiger partial charge < -0.3 is 9.26 Å². The fraction of sp³-hybridized carbons (Fsp3) is 0.222. The number of sulfonamides is 1. The molecule has 1 saturated heterocycles. The van der Waals surface area contributed by atoms with E-state index in [1.54, 1.807) is 13.2 Å². The maximum absolute atomic E-state index is 13.3. The molecule has 7 nitrogen and oxygen atoms in total. The van der Waals surface area contributed by atoms with Crippen molar-refractivity contribution in [3.05, 3.63) is 60.2 Å². The molecule has 1 aliphatic heterocycles. The van der Waals surface area contributed by atoms with E-state index in [1.165, 1.54) is 22.5 Å². The lowest BCUT2D eigenvalue weighted by Crippen LogP contribution is -2.48. The molecule has 4 rings (SSSR count). The lowest BCUT2D eigenvalue weighted by Gasteiger charge is -2.35. The molecule has 0 N–H and O–H groups in total. The number of benzene rings is 2. The Morgan fingerprint density at radius 3 is 2.70 bits per heavy atom. The molecule has 1 aliphatic rings. The van der Waals surface area contributed by atoms with Gasteiger partial charge in [-0.3, -0.25) is 0 Å². The van der Waals surface area contributed by atoms with Crippen LogP contribution in [0, 0.1) is 5.82 Å². The van der Waals surface area contributed by atoms with Crippen molar-refractivity contribution in [2.75, 3.05) is 20.2 Å². The summed E-state index contributed by atoms with van der Waals surface area (Å²) in [6, 6.07) is 12.2. The first-order valence-corrected chi connectivity index (χ1v) is 9.66. The van der Waals surface area contributed by atoms with E-state index in [0.717, 1.165) is 6.07 Å². The summed E-state index contributed by atoms with van der Waals surface area (Å²) in [5.41, 5.74) is 0.693. The minimum Gasteiger partial charge on any atom is -0.496 e. The summed E-state index contributed by atoms with van der Waals surface area (Å²) in [5.74, 6) is 0.569. The molecule has 27 heavy (non-hydrogen) atoms. The number of methoxy groups -OCH3 is 1. The fourth-order valence-corrected chi connectivity index (χ4v) is 4.47. The van der Waals surface area contributed by atoms with Crippen LogP contribution in [0.2, 0.25) is 0 Å². The fourth-order valence-electron chi connectivity index (χ4n) is 2.91. The summed E-state index contributed by atoms with van der Waals surface area (Å²) in [6.45, 7) is 0.402. The number of rotatable bonds is 5. The van der Waals surface area contributed by atoms with Gasteiger partial charge in [-0.25, -0.2) is 12.8 Å². The zero-order chi connectivity index (χ0) is 19.0. The summed E-state index contributed by atoms with van der Waals surface area (Å²) in [6.07, 6.45) is 0. The predicted molar refractivity (Wildman–Crippen MR) is 94.2 cm³/mol. The zero-order valence-electron chi connectivity index (χ0n) is 14.4. The third-order valence-electron chi connectivity index (χ3n) is 4.42. The number of hydrogen-bond acceptors (Lipinski definition) is 6. The summed E-state index contributed by atoms with van der Waals surface area (Å²) in [4.78, 5) is 4.31. The maximum atomic E-state index is 13.3. The minimum absolute atomic E-state index is 0.0683. The molecule has 0 saturated carbocycles. The topological polar surface area (TPSA) is 85.5 Å². The second kappa shape index (κ2) is 6.75. The van der Waals surface area contributed by atoms with Crippen LogP contribution in [0.5, 0.6) is 5.75 Å². The molecule has 0 radical (unpaired) electrons. The number of hydrogen-bond donors (Lipinski definition) is 0. The summed E-state index contributed by atoms with van der Waals surface area (Å²) in [7, 11) is -2.18. The van der Waals surface area contributed by atoms with E-state index in [2.05, 4.69) is 10.1 Å². The Labute approximate surface area is 155 Å². The molecule has 1 aromatic heterocycles. The summed E-state index contributed by atoms with van der Waals surface area (Å²) < 4.78 is 50.2. The Bertz CT molecular complexity index is 1080. The van der Waals surface area contributed by atoms with Gasteiger partial charge in [0.15, 0.2) is 0 Å². The van der Waals surface area contributed by atoms with E-state index in [9.17, 15) is 12.8 Å². The Kier molecular flexibility index (Phi) is 4.40. The van der Waals surface area contributed by atoms with Gasteiger partial charge in [0.2, 0.25) is 21.7 Å². The number of aromatic nitrogens is 2. The highest BCUT2D eigenvalue weighted by Crippen LogP contribution is 2.33. The van der Waals surface area contributed by atoms with Crippen LogP contribution in [-0.4, -0.2) is 43.1 Å². The Balaban J connectivity index is 1.50. The molecule has 2 aromatic carbocycles. The Hall–Kier alpha value is -2.78. The average molecular weight is 389 g/mol. The SMILES string of the molecule is COc1ccccc1-c1noc(C2CN(S(=O)(=O)c3cccc(F)c3)C2)n1. The third-order valence-corrected chi connectivity index (χ3v) is 6.25. The van der Waals surface area contributed by atoms with Gasteiger partial charge in [-0.2, -0.15) is 9.29 Å². The Morgan fingerprint density at radius 2 is 1.96 bits per heavy atom. The second-order valence-electron chi connectivity index (χ2n) is 6.13. The Morgan fingerprint density at radius 1 is 1.19 bits per heavy atom. The van der Waals surface area contributed by atoms with Crippen molar-refractivity contribution in [1.29, 1.82) is 0 Å². The summed E-state index contributed by atoms with van der Waals surface area (Å²) >= 11 is 0. The van der Waals surface area contributed by atoms with Crippen LogP contribution in [0.4, 0.5) is 4.39 Å². The van der Waals surface area contributed by atoms with Gasteiger partial charge >= 0.3 is 0 Å². The smallest absolute Gasteiger partial charge is 0.243 e. The average Bonchev–Trinajstić information content (AvgIpc) is 3.09. The van der Waals surface area contributed by atoms with Crippen LogP contribution in [0.25, 0.3) is 11.4 Å². The van der Waals surface area contributed by atoms with E-state index in [4.69, 9.17) is 9.26 Å². The van der Waals surface area contributed by atoms with Crippen molar-refractivity contribution in [2.45, 2.75) is 10.8 Å². The highest BCUT2D eigenvalue weighted by Gasteiger charge is 2.40. The van der Waals surface area contributed by atoms with Crippen LogP contribution in [0.3, 0.4) is 0 Å². The van der Waals surface area contributed by atoms with E-state index in [0.29, 0.717) is 23.0 Å². The highest BCUT2D eigenvalue weighted by atomic mass is 32.2. The van der Waals surface area contributed by atoms with Gasteiger partial charge in [0.1, 0.15) is 11.6 Å². The normalized spacial score (nSPS) is 15.5. The van der Waals surface area contributed by atoms with Crippen LogP contribution in [0.15, 0.2) is 57.9 Å². The van der Waals surface area contributed by atoms with Gasteiger partial charge in [0.25, 0.3) is 0 Å². The largest absolute Gasteiger partial charge is 0.496 e. The highest BCUT2D eigenvalue weighted by molar-refractivity contribution is 7.89. The van der Waals surface area contributed by atoms with Gasteiger partial charge in [0, 0.05) is 13.1 Å². The van der Waals surface area contributed by atoms with E-state index in [1.807, 2.05) is 18.2 Å².